The van der Waals surface area contributed by atoms with E-state index < -0.39 is 7.26 Å². The summed E-state index contributed by atoms with van der Waals surface area (Å²) in [7, 11) is -2.25. The number of ether oxygens (including phenoxy) is 1. The van der Waals surface area contributed by atoms with Crippen molar-refractivity contribution in [3.05, 3.63) is 157 Å². The van der Waals surface area contributed by atoms with Crippen molar-refractivity contribution >= 4 is 29.1 Å². The Balaban J connectivity index is 1.47. The molecule has 0 saturated heterocycles. The van der Waals surface area contributed by atoms with Gasteiger partial charge in [-0.3, -0.25) is 4.79 Å². The molecule has 0 radical (unpaired) electrons. The van der Waals surface area contributed by atoms with E-state index in [0.717, 1.165) is 30.1 Å². The van der Waals surface area contributed by atoms with Crippen LogP contribution in [0.3, 0.4) is 0 Å². The first-order valence-electron chi connectivity index (χ1n) is 14.7. The normalized spacial score (nSPS) is 11.6. The van der Waals surface area contributed by atoms with E-state index in [1.807, 2.05) is 12.1 Å². The standard InChI is InChI=1S/C39H39O2P/c1-4-15-34-29-33(25-26-39(34)41-31(3)40)38-28-32(24-23-30(38)2)16-14-27-42(35-17-8-5-9-18-35,36-19-10-6-11-20-36)37-21-12-7-13-22-37/h4-13,17-26,28-29,42H,1,14-16,27H2,2-3H3. The fraction of sp³-hybridized carbons (Fsp3) is 0.154. The van der Waals surface area contributed by atoms with Crippen molar-refractivity contribution in [3.8, 4) is 16.9 Å². The number of hydrogen-bond acceptors (Lipinski definition) is 2. The molecule has 0 aliphatic carbocycles. The third-order valence-corrected chi connectivity index (χ3v) is 13.2. The van der Waals surface area contributed by atoms with Crippen LogP contribution in [0.5, 0.6) is 5.75 Å². The Morgan fingerprint density at radius 1 is 0.762 bits per heavy atom. The molecule has 5 aromatic rings. The van der Waals surface area contributed by atoms with Crippen LogP contribution in [0.4, 0.5) is 0 Å². The van der Waals surface area contributed by atoms with Crippen LogP contribution >= 0.6 is 7.26 Å². The summed E-state index contributed by atoms with van der Waals surface area (Å²) in [5, 5.41) is 4.36. The van der Waals surface area contributed by atoms with Crippen molar-refractivity contribution in [2.24, 2.45) is 0 Å². The molecule has 0 amide bonds. The molecule has 0 atom stereocenters. The summed E-state index contributed by atoms with van der Waals surface area (Å²) in [5.74, 6) is 0.288. The molecule has 0 aliphatic rings. The Labute approximate surface area is 251 Å². The number of carbonyl (C=O) groups excluding carboxylic acids is 1. The van der Waals surface area contributed by atoms with Crippen LogP contribution < -0.4 is 20.7 Å². The summed E-state index contributed by atoms with van der Waals surface area (Å²) < 4.78 is 5.45. The first-order chi connectivity index (χ1) is 20.5. The van der Waals surface area contributed by atoms with Gasteiger partial charge in [-0.15, -0.1) is 0 Å². The third-order valence-electron chi connectivity index (χ3n) is 8.11. The van der Waals surface area contributed by atoms with Gasteiger partial charge in [-0.05, 0) is 0 Å². The molecule has 212 valence electrons. The van der Waals surface area contributed by atoms with E-state index >= 15 is 0 Å². The molecule has 42 heavy (non-hydrogen) atoms. The Morgan fingerprint density at radius 3 is 1.86 bits per heavy atom. The van der Waals surface area contributed by atoms with Crippen LogP contribution in [-0.2, 0) is 17.6 Å². The van der Waals surface area contributed by atoms with Crippen LogP contribution in [0.1, 0.15) is 30.0 Å². The molecule has 0 fully saturated rings. The fourth-order valence-corrected chi connectivity index (χ4v) is 11.0. The van der Waals surface area contributed by atoms with Crippen LogP contribution in [0, 0.1) is 6.92 Å². The second-order valence-corrected chi connectivity index (χ2v) is 15.0. The van der Waals surface area contributed by atoms with Gasteiger partial charge in [0.2, 0.25) is 0 Å². The van der Waals surface area contributed by atoms with Gasteiger partial charge in [0.05, 0.1) is 0 Å². The zero-order valence-corrected chi connectivity index (χ0v) is 25.6. The monoisotopic (exact) mass is 570 g/mol. The van der Waals surface area contributed by atoms with Crippen molar-refractivity contribution in [2.45, 2.75) is 33.1 Å². The van der Waals surface area contributed by atoms with E-state index in [1.54, 1.807) is 0 Å². The molecular formula is C39H39O2P. The van der Waals surface area contributed by atoms with Gasteiger partial charge in [0, 0.05) is 6.92 Å². The molecule has 5 rings (SSSR count). The van der Waals surface area contributed by atoms with Crippen LogP contribution in [-0.4, -0.2) is 12.1 Å². The fourth-order valence-electron chi connectivity index (χ4n) is 6.11. The summed E-state index contributed by atoms with van der Waals surface area (Å²) in [4.78, 5) is 11.6. The molecular weight excluding hydrogens is 531 g/mol. The average Bonchev–Trinajstić information content (AvgIpc) is 3.02. The zero-order chi connectivity index (χ0) is 29.4. The molecule has 2 nitrogen and oxygen atoms in total. The van der Waals surface area contributed by atoms with Gasteiger partial charge in [0.15, 0.2) is 0 Å². The van der Waals surface area contributed by atoms with Gasteiger partial charge in [-0.1, -0.05) is 0 Å². The Bertz CT molecular complexity index is 1550. The molecule has 0 bridgehead atoms. The minimum absolute atomic E-state index is 0.313. The minimum atomic E-state index is -2.25. The summed E-state index contributed by atoms with van der Waals surface area (Å²) >= 11 is 0. The number of benzene rings is 5. The minimum Gasteiger partial charge on any atom is -0.252 e. The van der Waals surface area contributed by atoms with E-state index in [4.69, 9.17) is 4.74 Å². The summed E-state index contributed by atoms with van der Waals surface area (Å²) in [6.45, 7) is 7.48. The van der Waals surface area contributed by atoms with E-state index in [1.165, 1.54) is 39.5 Å². The van der Waals surface area contributed by atoms with Gasteiger partial charge in [-0.25, -0.2) is 0 Å². The smallest absolute Gasteiger partial charge is 0.252 e. The number of rotatable bonds is 11. The van der Waals surface area contributed by atoms with E-state index in [-0.39, 0.29) is 5.97 Å². The van der Waals surface area contributed by atoms with E-state index in [9.17, 15) is 4.79 Å². The zero-order valence-electron chi connectivity index (χ0n) is 24.6. The number of aryl methyl sites for hydroxylation is 2. The van der Waals surface area contributed by atoms with Gasteiger partial charge in [-0.2, -0.15) is 0 Å². The van der Waals surface area contributed by atoms with Crippen molar-refractivity contribution in [2.75, 3.05) is 6.16 Å². The van der Waals surface area contributed by atoms with Crippen molar-refractivity contribution < 1.29 is 9.53 Å². The number of carbonyl (C=O) groups is 1. The van der Waals surface area contributed by atoms with Crippen LogP contribution in [0.25, 0.3) is 11.1 Å². The topological polar surface area (TPSA) is 26.3 Å². The molecule has 0 N–H and O–H groups in total. The molecule has 0 spiro atoms. The maximum absolute atomic E-state index is 11.6. The van der Waals surface area contributed by atoms with Gasteiger partial charge in [0.25, 0.3) is 0 Å². The molecule has 0 heterocycles. The number of hydrogen-bond donors (Lipinski definition) is 0. The second-order valence-electron chi connectivity index (χ2n) is 10.9. The van der Waals surface area contributed by atoms with Gasteiger partial charge < -0.3 is 0 Å². The number of allylic oxidation sites excluding steroid dienone is 1. The Hall–Kier alpha value is -4.26. The molecule has 0 unspecified atom stereocenters. The quantitative estimate of drug-likeness (QED) is 0.0697. The molecule has 0 aromatic heterocycles. The molecule has 3 heteroatoms. The van der Waals surface area contributed by atoms with Crippen molar-refractivity contribution in [1.82, 2.24) is 0 Å². The van der Waals surface area contributed by atoms with Crippen LogP contribution in [0.2, 0.25) is 0 Å². The Morgan fingerprint density at radius 2 is 1.33 bits per heavy atom. The number of esters is 1. The molecule has 5 aromatic carbocycles. The molecule has 0 saturated carbocycles. The Kier molecular flexibility index (Phi) is 9.47. The first-order valence-corrected chi connectivity index (χ1v) is 16.9. The molecule has 0 aliphatic heterocycles. The summed E-state index contributed by atoms with van der Waals surface area (Å²) in [5.41, 5.74) is 5.87. The second kappa shape index (κ2) is 13.6. The summed E-state index contributed by atoms with van der Waals surface area (Å²) in [6, 6.07) is 46.4. The van der Waals surface area contributed by atoms with E-state index in [2.05, 4.69) is 135 Å². The van der Waals surface area contributed by atoms with Crippen molar-refractivity contribution in [1.29, 1.82) is 0 Å². The van der Waals surface area contributed by atoms with Gasteiger partial charge in [0.1, 0.15) is 0 Å². The van der Waals surface area contributed by atoms with Gasteiger partial charge >= 0.3 is 240 Å². The summed E-state index contributed by atoms with van der Waals surface area (Å²) in [6.07, 6.45) is 5.69. The third kappa shape index (κ3) is 6.46. The predicted molar refractivity (Wildman–Crippen MR) is 182 cm³/mol. The predicted octanol–water partition coefficient (Wildman–Crippen LogP) is 7.97. The average molecular weight is 571 g/mol. The maximum atomic E-state index is 11.6. The van der Waals surface area contributed by atoms with E-state index in [0.29, 0.717) is 12.2 Å². The first kappa shape index (κ1) is 29.2. The van der Waals surface area contributed by atoms with Crippen LogP contribution in [0.15, 0.2) is 140 Å². The van der Waals surface area contributed by atoms with Crippen molar-refractivity contribution in [3.63, 3.8) is 0 Å². The SMILES string of the molecule is C=CCc1cc(-c2cc(CCC[PH](c3ccccc3)(c3ccccc3)c3ccccc3)ccc2C)ccc1OC(C)=O.